The number of rotatable bonds is 5. The number of ether oxygens (including phenoxy) is 1. The molecular formula is C17H26N2O2. The molecule has 116 valence electrons. The van der Waals surface area contributed by atoms with E-state index in [9.17, 15) is 4.79 Å². The molecule has 4 nitrogen and oxygen atoms in total. The zero-order chi connectivity index (χ0) is 15.3. The minimum Gasteiger partial charge on any atom is -0.490 e. The highest BCUT2D eigenvalue weighted by Gasteiger charge is 2.35. The maximum absolute atomic E-state index is 12.6. The van der Waals surface area contributed by atoms with Crippen molar-refractivity contribution in [3.8, 4) is 5.75 Å². The third-order valence-corrected chi connectivity index (χ3v) is 4.52. The number of nitrogens with two attached hydrogens (primary N) is 1. The maximum atomic E-state index is 12.6. The number of hydrogen-bond acceptors (Lipinski definition) is 3. The average Bonchev–Trinajstić information content (AvgIpc) is 2.55. The van der Waals surface area contributed by atoms with Gasteiger partial charge in [-0.25, -0.2) is 0 Å². The second-order valence-electron chi connectivity index (χ2n) is 6.04. The highest BCUT2D eigenvalue weighted by atomic mass is 16.5. The number of para-hydroxylation sites is 1. The molecule has 1 aliphatic rings. The normalized spacial score (nSPS) is 19.1. The number of hydrogen-bond donors (Lipinski definition) is 1. The minimum atomic E-state index is -0.423. The lowest BCUT2D eigenvalue weighted by Crippen LogP contribution is -2.50. The molecule has 1 unspecified atom stereocenters. The zero-order valence-electron chi connectivity index (χ0n) is 13.0. The highest BCUT2D eigenvalue weighted by molar-refractivity contribution is 5.82. The van der Waals surface area contributed by atoms with Gasteiger partial charge in [-0.15, -0.1) is 0 Å². The van der Waals surface area contributed by atoms with Gasteiger partial charge in [0.15, 0.2) is 0 Å². The van der Waals surface area contributed by atoms with E-state index in [0.717, 1.165) is 38.1 Å². The first-order valence-corrected chi connectivity index (χ1v) is 7.80. The second-order valence-corrected chi connectivity index (χ2v) is 6.04. The second kappa shape index (κ2) is 6.94. The molecule has 1 heterocycles. The molecule has 2 N–H and O–H groups in total. The number of likely N-dealkylation sites (tertiary alicyclic amines) is 1. The molecule has 2 rings (SSSR count). The molecule has 1 aromatic rings. The lowest BCUT2D eigenvalue weighted by atomic mass is 9.85. The summed E-state index contributed by atoms with van der Waals surface area (Å²) in [6, 6.07) is 9.87. The number of piperidine rings is 1. The highest BCUT2D eigenvalue weighted by Crippen LogP contribution is 2.26. The van der Waals surface area contributed by atoms with Gasteiger partial charge in [-0.3, -0.25) is 4.79 Å². The Morgan fingerprint density at radius 2 is 1.95 bits per heavy atom. The molecule has 1 amide bonds. The lowest BCUT2D eigenvalue weighted by molar-refractivity contribution is -0.142. The number of amides is 1. The quantitative estimate of drug-likeness (QED) is 0.906. The van der Waals surface area contributed by atoms with Crippen LogP contribution in [0, 0.1) is 5.41 Å². The Labute approximate surface area is 127 Å². The van der Waals surface area contributed by atoms with Crippen molar-refractivity contribution < 1.29 is 9.53 Å². The van der Waals surface area contributed by atoms with Crippen LogP contribution in [0.5, 0.6) is 5.75 Å². The summed E-state index contributed by atoms with van der Waals surface area (Å²) >= 11 is 0. The van der Waals surface area contributed by atoms with Crippen LogP contribution in [0.4, 0.5) is 0 Å². The van der Waals surface area contributed by atoms with Gasteiger partial charge < -0.3 is 15.4 Å². The molecule has 1 aromatic carbocycles. The summed E-state index contributed by atoms with van der Waals surface area (Å²) in [4.78, 5) is 14.5. The Morgan fingerprint density at radius 1 is 1.33 bits per heavy atom. The number of carbonyl (C=O) groups is 1. The monoisotopic (exact) mass is 290 g/mol. The van der Waals surface area contributed by atoms with Crippen molar-refractivity contribution in [1.82, 2.24) is 4.90 Å². The minimum absolute atomic E-state index is 0.186. The van der Waals surface area contributed by atoms with Crippen LogP contribution in [-0.2, 0) is 4.79 Å². The zero-order valence-corrected chi connectivity index (χ0v) is 13.0. The van der Waals surface area contributed by atoms with Crippen molar-refractivity contribution in [3.63, 3.8) is 0 Å². The van der Waals surface area contributed by atoms with Crippen LogP contribution in [0.15, 0.2) is 30.3 Å². The fraction of sp³-hybridized carbons (Fsp3) is 0.588. The Bertz CT molecular complexity index is 449. The van der Waals surface area contributed by atoms with Crippen LogP contribution in [0.2, 0.25) is 0 Å². The fourth-order valence-corrected chi connectivity index (χ4v) is 2.63. The van der Waals surface area contributed by atoms with Crippen molar-refractivity contribution in [2.45, 2.75) is 39.2 Å². The lowest BCUT2D eigenvalue weighted by Gasteiger charge is -2.37. The predicted molar refractivity (Wildman–Crippen MR) is 84.1 cm³/mol. The summed E-state index contributed by atoms with van der Waals surface area (Å²) in [7, 11) is 0. The van der Waals surface area contributed by atoms with Gasteiger partial charge in [-0.05, 0) is 25.5 Å². The van der Waals surface area contributed by atoms with Crippen LogP contribution in [0.1, 0.15) is 33.1 Å². The summed E-state index contributed by atoms with van der Waals surface area (Å²) in [6.45, 7) is 5.90. The van der Waals surface area contributed by atoms with E-state index in [1.807, 2.05) is 49.1 Å². The van der Waals surface area contributed by atoms with Crippen molar-refractivity contribution in [3.05, 3.63) is 30.3 Å². The molecule has 1 aliphatic heterocycles. The van der Waals surface area contributed by atoms with Crippen LogP contribution < -0.4 is 10.5 Å². The summed E-state index contributed by atoms with van der Waals surface area (Å²) in [6.07, 6.45) is 2.74. The summed E-state index contributed by atoms with van der Waals surface area (Å²) in [5.41, 5.74) is 5.36. The van der Waals surface area contributed by atoms with E-state index < -0.39 is 5.41 Å². The Morgan fingerprint density at radius 3 is 2.48 bits per heavy atom. The van der Waals surface area contributed by atoms with E-state index in [1.54, 1.807) is 0 Å². The molecule has 0 spiro atoms. The van der Waals surface area contributed by atoms with Gasteiger partial charge in [0.1, 0.15) is 11.9 Å². The van der Waals surface area contributed by atoms with E-state index in [2.05, 4.69) is 0 Å². The fourth-order valence-electron chi connectivity index (χ4n) is 2.63. The summed E-state index contributed by atoms with van der Waals surface area (Å²) in [5, 5.41) is 0. The van der Waals surface area contributed by atoms with Crippen molar-refractivity contribution in [2.75, 3.05) is 19.6 Å². The Hall–Kier alpha value is -1.55. The summed E-state index contributed by atoms with van der Waals surface area (Å²) < 4.78 is 5.96. The van der Waals surface area contributed by atoms with Crippen LogP contribution in [-0.4, -0.2) is 36.5 Å². The molecule has 1 saturated heterocycles. The van der Waals surface area contributed by atoms with Gasteiger partial charge in [-0.1, -0.05) is 25.1 Å². The maximum Gasteiger partial charge on any atom is 0.229 e. The first-order chi connectivity index (χ1) is 10.1. The molecular weight excluding hydrogens is 264 g/mol. The standard InChI is InChI=1S/C17H26N2O2/c1-3-17(2,13-18)16(20)19-11-9-15(10-12-19)21-14-7-5-4-6-8-14/h4-8,15H,3,9-13,18H2,1-2H3. The van der Waals surface area contributed by atoms with E-state index in [0.29, 0.717) is 6.54 Å². The molecule has 1 atom stereocenters. The van der Waals surface area contributed by atoms with Crippen molar-refractivity contribution in [1.29, 1.82) is 0 Å². The van der Waals surface area contributed by atoms with E-state index >= 15 is 0 Å². The predicted octanol–water partition coefficient (Wildman–Crippen LogP) is 2.43. The van der Waals surface area contributed by atoms with Crippen molar-refractivity contribution in [2.24, 2.45) is 11.1 Å². The number of benzene rings is 1. The smallest absolute Gasteiger partial charge is 0.229 e. The Kier molecular flexibility index (Phi) is 5.23. The molecule has 21 heavy (non-hydrogen) atoms. The molecule has 0 bridgehead atoms. The largest absolute Gasteiger partial charge is 0.490 e. The van der Waals surface area contributed by atoms with Gasteiger partial charge >= 0.3 is 0 Å². The molecule has 0 saturated carbocycles. The van der Waals surface area contributed by atoms with Crippen LogP contribution in [0.25, 0.3) is 0 Å². The SMILES string of the molecule is CCC(C)(CN)C(=O)N1CCC(Oc2ccccc2)CC1. The van der Waals surface area contributed by atoms with Gasteiger partial charge in [0, 0.05) is 32.5 Å². The van der Waals surface area contributed by atoms with E-state index in [1.165, 1.54) is 0 Å². The molecule has 1 fully saturated rings. The first-order valence-electron chi connectivity index (χ1n) is 7.80. The van der Waals surface area contributed by atoms with Gasteiger partial charge in [0.2, 0.25) is 5.91 Å². The van der Waals surface area contributed by atoms with Crippen molar-refractivity contribution >= 4 is 5.91 Å². The van der Waals surface area contributed by atoms with Gasteiger partial charge in [0.25, 0.3) is 0 Å². The molecule has 0 radical (unpaired) electrons. The first kappa shape index (κ1) is 15.8. The topological polar surface area (TPSA) is 55.6 Å². The number of carbonyl (C=O) groups excluding carboxylic acids is 1. The third-order valence-electron chi connectivity index (χ3n) is 4.52. The van der Waals surface area contributed by atoms with Gasteiger partial charge in [0.05, 0.1) is 5.41 Å². The van der Waals surface area contributed by atoms with E-state index in [-0.39, 0.29) is 12.0 Å². The Balaban J connectivity index is 1.87. The van der Waals surface area contributed by atoms with E-state index in [4.69, 9.17) is 10.5 Å². The molecule has 0 aliphatic carbocycles. The van der Waals surface area contributed by atoms with Gasteiger partial charge in [-0.2, -0.15) is 0 Å². The third kappa shape index (κ3) is 3.76. The van der Waals surface area contributed by atoms with Crippen LogP contribution >= 0.6 is 0 Å². The van der Waals surface area contributed by atoms with Crippen LogP contribution in [0.3, 0.4) is 0 Å². The average molecular weight is 290 g/mol. The molecule has 4 heteroatoms. The summed E-state index contributed by atoms with van der Waals surface area (Å²) in [5.74, 6) is 1.09. The number of nitrogens with zero attached hydrogens (tertiary/aromatic N) is 1. The molecule has 0 aromatic heterocycles.